The summed E-state index contributed by atoms with van der Waals surface area (Å²) in [6.45, 7) is 1.67. The third kappa shape index (κ3) is 4.13. The lowest BCUT2D eigenvalue weighted by Gasteiger charge is -2.19. The lowest BCUT2D eigenvalue weighted by molar-refractivity contribution is -0.122. The molecule has 6 nitrogen and oxygen atoms in total. The molecule has 0 saturated heterocycles. The number of carbonyl (C=O) groups is 2. The van der Waals surface area contributed by atoms with Crippen LogP contribution in [0.5, 0.6) is 5.75 Å². The SMILES string of the molecule is CC(Oc1cccc(Cl)c1)C(=O)Nc1ccc2c(c1)Sc1ncccc1C(=O)N2C. The highest BCUT2D eigenvalue weighted by molar-refractivity contribution is 7.99. The fraction of sp³-hybridized carbons (Fsp3) is 0.136. The Kier molecular flexibility index (Phi) is 5.65. The van der Waals surface area contributed by atoms with Crippen LogP contribution in [0, 0.1) is 0 Å². The van der Waals surface area contributed by atoms with Crippen LogP contribution in [-0.2, 0) is 4.79 Å². The Hall–Kier alpha value is -3.03. The Labute approximate surface area is 183 Å². The molecule has 8 heteroatoms. The van der Waals surface area contributed by atoms with Crippen LogP contribution in [0.2, 0.25) is 5.02 Å². The van der Waals surface area contributed by atoms with E-state index in [2.05, 4.69) is 10.3 Å². The molecule has 1 atom stereocenters. The molecule has 0 aliphatic carbocycles. The molecule has 2 heterocycles. The lowest BCUT2D eigenvalue weighted by atomic mass is 10.2. The van der Waals surface area contributed by atoms with Gasteiger partial charge in [-0.25, -0.2) is 4.98 Å². The number of amides is 2. The highest BCUT2D eigenvalue weighted by atomic mass is 35.5. The molecular formula is C22H18ClN3O3S. The third-order valence-corrected chi connectivity index (χ3v) is 5.88. The van der Waals surface area contributed by atoms with Crippen LogP contribution in [0.3, 0.4) is 0 Å². The predicted molar refractivity (Wildman–Crippen MR) is 118 cm³/mol. The highest BCUT2D eigenvalue weighted by Gasteiger charge is 2.26. The Morgan fingerprint density at radius 1 is 1.20 bits per heavy atom. The summed E-state index contributed by atoms with van der Waals surface area (Å²) in [6.07, 6.45) is 0.937. The average Bonchev–Trinajstić information content (AvgIpc) is 2.83. The molecule has 0 radical (unpaired) electrons. The van der Waals surface area contributed by atoms with Crippen LogP contribution in [0.1, 0.15) is 17.3 Å². The Morgan fingerprint density at radius 2 is 2.03 bits per heavy atom. The average molecular weight is 440 g/mol. The Morgan fingerprint density at radius 3 is 2.83 bits per heavy atom. The van der Waals surface area contributed by atoms with Gasteiger partial charge >= 0.3 is 0 Å². The number of nitrogens with one attached hydrogen (secondary N) is 1. The summed E-state index contributed by atoms with van der Waals surface area (Å²) in [7, 11) is 1.73. The second-order valence-electron chi connectivity index (χ2n) is 6.71. The fourth-order valence-electron chi connectivity index (χ4n) is 3.02. The van der Waals surface area contributed by atoms with Gasteiger partial charge in [0.1, 0.15) is 10.8 Å². The summed E-state index contributed by atoms with van der Waals surface area (Å²) in [5.74, 6) is 0.103. The van der Waals surface area contributed by atoms with Crippen molar-refractivity contribution in [1.82, 2.24) is 4.98 Å². The van der Waals surface area contributed by atoms with E-state index in [0.29, 0.717) is 27.0 Å². The number of anilines is 2. The molecule has 1 N–H and O–H groups in total. The zero-order valence-electron chi connectivity index (χ0n) is 16.3. The van der Waals surface area contributed by atoms with Crippen LogP contribution in [0.25, 0.3) is 0 Å². The van der Waals surface area contributed by atoms with Crippen molar-refractivity contribution in [3.63, 3.8) is 0 Å². The van der Waals surface area contributed by atoms with Crippen molar-refractivity contribution in [2.75, 3.05) is 17.3 Å². The number of ether oxygens (including phenoxy) is 1. The minimum Gasteiger partial charge on any atom is -0.481 e. The molecule has 0 bridgehead atoms. The molecule has 0 saturated carbocycles. The van der Waals surface area contributed by atoms with Gasteiger partial charge in [0, 0.05) is 28.9 Å². The first-order chi connectivity index (χ1) is 14.4. The molecule has 152 valence electrons. The zero-order chi connectivity index (χ0) is 21.3. The molecule has 0 spiro atoms. The van der Waals surface area contributed by atoms with Gasteiger partial charge in [0.2, 0.25) is 0 Å². The van der Waals surface area contributed by atoms with Crippen LogP contribution in [0.4, 0.5) is 11.4 Å². The van der Waals surface area contributed by atoms with Gasteiger partial charge in [0.15, 0.2) is 6.10 Å². The summed E-state index contributed by atoms with van der Waals surface area (Å²) < 4.78 is 5.67. The molecule has 30 heavy (non-hydrogen) atoms. The van der Waals surface area contributed by atoms with E-state index in [0.717, 1.165) is 10.6 Å². The maximum Gasteiger partial charge on any atom is 0.265 e. The van der Waals surface area contributed by atoms with Crippen molar-refractivity contribution in [3.05, 3.63) is 71.4 Å². The van der Waals surface area contributed by atoms with Crippen LogP contribution in [0.15, 0.2) is 70.7 Å². The summed E-state index contributed by atoms with van der Waals surface area (Å²) >= 11 is 7.35. The minimum atomic E-state index is -0.721. The molecule has 3 aromatic rings. The van der Waals surface area contributed by atoms with Crippen molar-refractivity contribution >= 4 is 46.6 Å². The van der Waals surface area contributed by atoms with E-state index in [9.17, 15) is 9.59 Å². The second kappa shape index (κ2) is 8.38. The van der Waals surface area contributed by atoms with Gasteiger partial charge in [-0.1, -0.05) is 29.4 Å². The second-order valence-corrected chi connectivity index (χ2v) is 8.18. The molecule has 1 aromatic heterocycles. The smallest absolute Gasteiger partial charge is 0.265 e. The van der Waals surface area contributed by atoms with Crippen LogP contribution in [-0.4, -0.2) is 29.9 Å². The van der Waals surface area contributed by atoms with E-state index in [-0.39, 0.29) is 11.8 Å². The maximum absolute atomic E-state index is 12.7. The monoisotopic (exact) mass is 439 g/mol. The Balaban J connectivity index is 1.54. The van der Waals surface area contributed by atoms with Crippen LogP contribution < -0.4 is 15.0 Å². The van der Waals surface area contributed by atoms with Gasteiger partial charge in [-0.3, -0.25) is 9.59 Å². The molecule has 1 aliphatic rings. The number of aromatic nitrogens is 1. The molecule has 2 aromatic carbocycles. The number of fused-ring (bicyclic) bond motifs is 2. The molecular weight excluding hydrogens is 422 g/mol. The minimum absolute atomic E-state index is 0.121. The largest absolute Gasteiger partial charge is 0.481 e. The summed E-state index contributed by atoms with van der Waals surface area (Å²) in [6, 6.07) is 15.8. The van der Waals surface area contributed by atoms with Crippen molar-refractivity contribution < 1.29 is 14.3 Å². The van der Waals surface area contributed by atoms with Crippen molar-refractivity contribution in [3.8, 4) is 5.75 Å². The topological polar surface area (TPSA) is 71.5 Å². The number of benzene rings is 2. The molecule has 1 aliphatic heterocycles. The van der Waals surface area contributed by atoms with E-state index in [4.69, 9.17) is 16.3 Å². The van der Waals surface area contributed by atoms with Crippen molar-refractivity contribution in [1.29, 1.82) is 0 Å². The van der Waals surface area contributed by atoms with Gasteiger partial charge in [-0.15, -0.1) is 0 Å². The lowest BCUT2D eigenvalue weighted by Crippen LogP contribution is -2.30. The number of hydrogen-bond donors (Lipinski definition) is 1. The number of hydrogen-bond acceptors (Lipinski definition) is 5. The van der Waals surface area contributed by atoms with E-state index < -0.39 is 6.10 Å². The summed E-state index contributed by atoms with van der Waals surface area (Å²) in [5, 5.41) is 4.03. The number of nitrogens with zero attached hydrogens (tertiary/aromatic N) is 2. The summed E-state index contributed by atoms with van der Waals surface area (Å²) in [5.41, 5.74) is 1.91. The van der Waals surface area contributed by atoms with Gasteiger partial charge in [-0.2, -0.15) is 0 Å². The fourth-order valence-corrected chi connectivity index (χ4v) is 4.28. The summed E-state index contributed by atoms with van der Waals surface area (Å²) in [4.78, 5) is 32.1. The third-order valence-electron chi connectivity index (χ3n) is 4.58. The number of rotatable bonds is 4. The van der Waals surface area contributed by atoms with E-state index in [1.807, 2.05) is 12.1 Å². The quantitative estimate of drug-likeness (QED) is 0.627. The normalized spacial score (nSPS) is 13.7. The first-order valence-corrected chi connectivity index (χ1v) is 10.4. The first kappa shape index (κ1) is 20.3. The number of halogens is 1. The first-order valence-electron chi connectivity index (χ1n) is 9.20. The Bertz CT molecular complexity index is 1140. The molecule has 4 rings (SSSR count). The van der Waals surface area contributed by atoms with Gasteiger partial charge in [0.05, 0.1) is 11.3 Å². The number of pyridine rings is 1. The standard InChI is InChI=1S/C22H18ClN3O3S/c1-13(29-16-6-3-5-14(23)11-16)20(27)25-15-8-9-18-19(12-15)30-21-17(7-4-10-24-21)22(28)26(18)2/h3-13H,1-2H3,(H,25,27). The molecule has 0 fully saturated rings. The van der Waals surface area contributed by atoms with E-state index in [1.165, 1.54) is 11.8 Å². The molecule has 2 amide bonds. The van der Waals surface area contributed by atoms with E-state index >= 15 is 0 Å². The highest BCUT2D eigenvalue weighted by Crippen LogP contribution is 2.41. The van der Waals surface area contributed by atoms with Gasteiger partial charge in [-0.05, 0) is 55.5 Å². The predicted octanol–water partition coefficient (Wildman–Crippen LogP) is 4.88. The van der Waals surface area contributed by atoms with Crippen molar-refractivity contribution in [2.24, 2.45) is 0 Å². The van der Waals surface area contributed by atoms with Gasteiger partial charge in [0.25, 0.3) is 11.8 Å². The molecule has 1 unspecified atom stereocenters. The van der Waals surface area contributed by atoms with E-state index in [1.54, 1.807) is 67.5 Å². The maximum atomic E-state index is 12.7. The zero-order valence-corrected chi connectivity index (χ0v) is 17.8. The van der Waals surface area contributed by atoms with Crippen molar-refractivity contribution in [2.45, 2.75) is 22.9 Å². The van der Waals surface area contributed by atoms with Crippen LogP contribution >= 0.6 is 23.4 Å². The number of carbonyl (C=O) groups excluding carboxylic acids is 2. The van der Waals surface area contributed by atoms with Gasteiger partial charge < -0.3 is 15.0 Å².